The number of para-hydroxylation sites is 2. The third kappa shape index (κ3) is 4.80. The van der Waals surface area contributed by atoms with Gasteiger partial charge in [0, 0.05) is 45.0 Å². The summed E-state index contributed by atoms with van der Waals surface area (Å²) in [6.07, 6.45) is 3.57. The molecule has 0 saturated heterocycles. The van der Waals surface area contributed by atoms with E-state index in [1.54, 1.807) is 12.4 Å². The molecular formula is C55H37N3. The molecule has 0 saturated carbocycles. The zero-order chi connectivity index (χ0) is 38.5. The molecule has 0 atom stereocenters. The largest absolute Gasteiger partial charge is 0.309 e. The normalized spacial score (nSPS) is 13.1. The molecule has 0 spiro atoms. The average Bonchev–Trinajstić information content (AvgIpc) is 3.74. The molecule has 1 aliphatic carbocycles. The van der Waals surface area contributed by atoms with Crippen LogP contribution in [-0.4, -0.2) is 14.5 Å². The molecule has 272 valence electrons. The third-order valence-electron chi connectivity index (χ3n) is 12.7. The first kappa shape index (κ1) is 32.8. The Hall–Kier alpha value is -7.36. The Balaban J connectivity index is 0.905. The van der Waals surface area contributed by atoms with Crippen LogP contribution in [0.5, 0.6) is 0 Å². The van der Waals surface area contributed by atoms with Crippen LogP contribution < -0.4 is 0 Å². The Kier molecular flexibility index (Phi) is 6.98. The zero-order valence-electron chi connectivity index (χ0n) is 32.2. The van der Waals surface area contributed by atoms with Crippen LogP contribution in [0.15, 0.2) is 188 Å². The molecule has 3 heteroatoms. The first-order chi connectivity index (χ1) is 28.5. The van der Waals surface area contributed by atoms with Gasteiger partial charge in [0.2, 0.25) is 0 Å². The van der Waals surface area contributed by atoms with E-state index < -0.39 is 0 Å². The highest BCUT2D eigenvalue weighted by molar-refractivity contribution is 6.23. The Morgan fingerprint density at radius 3 is 1.45 bits per heavy atom. The minimum absolute atomic E-state index is 0.163. The summed E-state index contributed by atoms with van der Waals surface area (Å²) in [6.45, 7) is 4.76. The minimum Gasteiger partial charge on any atom is -0.309 e. The maximum Gasteiger partial charge on any atom is 0.0971 e. The molecule has 0 aliphatic heterocycles. The highest BCUT2D eigenvalue weighted by Gasteiger charge is 2.36. The SMILES string of the molecule is CC1(C)c2cc(-c3cccc(-c4ccc5c(c4)c4ccccc4c4nccnc54)c3)ccc2-c2ccc(-c3cccc(-n4c5ccccc5c5ccccc54)c3)cc21. The average molecular weight is 740 g/mol. The van der Waals surface area contributed by atoms with Crippen LogP contribution in [0.25, 0.3) is 105 Å². The topological polar surface area (TPSA) is 30.7 Å². The van der Waals surface area contributed by atoms with Crippen molar-refractivity contribution in [2.45, 2.75) is 19.3 Å². The highest BCUT2D eigenvalue weighted by atomic mass is 15.0. The van der Waals surface area contributed by atoms with Gasteiger partial charge in [-0.15, -0.1) is 0 Å². The second kappa shape index (κ2) is 12.3. The van der Waals surface area contributed by atoms with Gasteiger partial charge in [-0.3, -0.25) is 9.97 Å². The quantitative estimate of drug-likeness (QED) is 0.168. The van der Waals surface area contributed by atoms with E-state index in [2.05, 4.69) is 194 Å². The summed E-state index contributed by atoms with van der Waals surface area (Å²) in [5, 5.41) is 7.20. The molecule has 9 aromatic carbocycles. The zero-order valence-corrected chi connectivity index (χ0v) is 32.2. The highest BCUT2D eigenvalue weighted by Crippen LogP contribution is 2.51. The molecule has 0 bridgehead atoms. The van der Waals surface area contributed by atoms with E-state index in [1.807, 2.05) is 0 Å². The summed E-state index contributed by atoms with van der Waals surface area (Å²) in [7, 11) is 0. The van der Waals surface area contributed by atoms with Crippen LogP contribution >= 0.6 is 0 Å². The molecule has 0 fully saturated rings. The predicted octanol–water partition coefficient (Wildman–Crippen LogP) is 14.3. The Labute approximate surface area is 336 Å². The second-order valence-electron chi connectivity index (χ2n) is 16.2. The van der Waals surface area contributed by atoms with Crippen LogP contribution in [0.4, 0.5) is 0 Å². The van der Waals surface area contributed by atoms with Crippen molar-refractivity contribution in [2.24, 2.45) is 0 Å². The first-order valence-corrected chi connectivity index (χ1v) is 20.1. The van der Waals surface area contributed by atoms with E-state index in [-0.39, 0.29) is 5.41 Å². The van der Waals surface area contributed by atoms with E-state index >= 15 is 0 Å². The van der Waals surface area contributed by atoms with Crippen LogP contribution in [0.3, 0.4) is 0 Å². The van der Waals surface area contributed by atoms with Gasteiger partial charge in [-0.05, 0) is 115 Å². The summed E-state index contributed by atoms with van der Waals surface area (Å²) in [4.78, 5) is 9.48. The van der Waals surface area contributed by atoms with Crippen molar-refractivity contribution in [2.75, 3.05) is 0 Å². The fourth-order valence-electron chi connectivity index (χ4n) is 9.81. The number of benzene rings is 9. The summed E-state index contributed by atoms with van der Waals surface area (Å²) in [6, 6.07) is 64.8. The van der Waals surface area contributed by atoms with Crippen molar-refractivity contribution in [1.82, 2.24) is 14.5 Å². The van der Waals surface area contributed by atoms with E-state index in [0.717, 1.165) is 21.8 Å². The molecule has 0 radical (unpaired) electrons. The molecule has 0 amide bonds. The maximum absolute atomic E-state index is 4.76. The molecule has 2 heterocycles. The van der Waals surface area contributed by atoms with Crippen LogP contribution in [0.1, 0.15) is 25.0 Å². The molecular weight excluding hydrogens is 703 g/mol. The number of aromatic nitrogens is 3. The van der Waals surface area contributed by atoms with Crippen molar-refractivity contribution in [3.63, 3.8) is 0 Å². The summed E-state index contributed by atoms with van der Waals surface area (Å²) < 4.78 is 2.40. The van der Waals surface area contributed by atoms with E-state index in [4.69, 9.17) is 9.97 Å². The minimum atomic E-state index is -0.163. The van der Waals surface area contributed by atoms with Gasteiger partial charge >= 0.3 is 0 Å². The van der Waals surface area contributed by atoms with Crippen LogP contribution in [-0.2, 0) is 5.41 Å². The summed E-state index contributed by atoms with van der Waals surface area (Å²) in [5.74, 6) is 0. The van der Waals surface area contributed by atoms with Gasteiger partial charge in [0.05, 0.1) is 22.1 Å². The van der Waals surface area contributed by atoms with Crippen molar-refractivity contribution >= 4 is 54.4 Å². The van der Waals surface area contributed by atoms with Gasteiger partial charge in [0.15, 0.2) is 0 Å². The fourth-order valence-corrected chi connectivity index (χ4v) is 9.81. The molecule has 3 nitrogen and oxygen atoms in total. The monoisotopic (exact) mass is 739 g/mol. The fraction of sp³-hybridized carbons (Fsp3) is 0.0545. The molecule has 0 unspecified atom stereocenters. The van der Waals surface area contributed by atoms with E-state index in [9.17, 15) is 0 Å². The van der Waals surface area contributed by atoms with E-state index in [0.29, 0.717) is 0 Å². The van der Waals surface area contributed by atoms with Crippen molar-refractivity contribution in [1.29, 1.82) is 0 Å². The lowest BCUT2D eigenvalue weighted by Crippen LogP contribution is -2.15. The summed E-state index contributed by atoms with van der Waals surface area (Å²) in [5.41, 5.74) is 18.0. The summed E-state index contributed by atoms with van der Waals surface area (Å²) >= 11 is 0. The van der Waals surface area contributed by atoms with Gasteiger partial charge in [-0.1, -0.05) is 141 Å². The lowest BCUT2D eigenvalue weighted by atomic mass is 9.80. The van der Waals surface area contributed by atoms with Gasteiger partial charge < -0.3 is 4.57 Å². The van der Waals surface area contributed by atoms with E-state index in [1.165, 1.54) is 93.9 Å². The molecule has 2 aromatic heterocycles. The number of hydrogen-bond donors (Lipinski definition) is 0. The molecule has 58 heavy (non-hydrogen) atoms. The Bertz CT molecular complexity index is 3410. The standard InChI is InChI=1S/C55H37N3/c1-55(2)49-32-38(35-12-9-11-34(29-35)37-23-26-47-48(31-37)41-15-3-4-18-46(41)53-54(47)57-28-27-56-53)21-24-42(49)43-25-22-39(33-50(43)55)36-13-10-14-40(30-36)58-51-19-7-5-16-44(51)45-17-6-8-20-52(45)58/h3-33H,1-2H3. The van der Waals surface area contributed by atoms with Gasteiger partial charge in [0.25, 0.3) is 0 Å². The molecule has 11 aromatic rings. The van der Waals surface area contributed by atoms with Crippen molar-refractivity contribution < 1.29 is 0 Å². The Morgan fingerprint density at radius 2 is 0.828 bits per heavy atom. The second-order valence-corrected chi connectivity index (χ2v) is 16.2. The lowest BCUT2D eigenvalue weighted by Gasteiger charge is -2.23. The number of fused-ring (bicyclic) bond motifs is 12. The Morgan fingerprint density at radius 1 is 0.362 bits per heavy atom. The van der Waals surface area contributed by atoms with Gasteiger partial charge in [-0.2, -0.15) is 0 Å². The maximum atomic E-state index is 4.76. The van der Waals surface area contributed by atoms with Crippen LogP contribution in [0, 0.1) is 0 Å². The van der Waals surface area contributed by atoms with Crippen molar-refractivity contribution in [3.05, 3.63) is 199 Å². The van der Waals surface area contributed by atoms with Crippen molar-refractivity contribution in [3.8, 4) is 50.2 Å². The van der Waals surface area contributed by atoms with Crippen LogP contribution in [0.2, 0.25) is 0 Å². The number of hydrogen-bond acceptors (Lipinski definition) is 2. The molecule has 0 N–H and O–H groups in total. The van der Waals surface area contributed by atoms with Gasteiger partial charge in [-0.25, -0.2) is 0 Å². The third-order valence-corrected chi connectivity index (χ3v) is 12.7. The first-order valence-electron chi connectivity index (χ1n) is 20.1. The smallest absolute Gasteiger partial charge is 0.0971 e. The number of nitrogens with zero attached hydrogens (tertiary/aromatic N) is 3. The number of rotatable bonds is 4. The predicted molar refractivity (Wildman–Crippen MR) is 243 cm³/mol. The lowest BCUT2D eigenvalue weighted by molar-refractivity contribution is 0.661. The molecule has 1 aliphatic rings. The molecule has 12 rings (SSSR count). The van der Waals surface area contributed by atoms with Gasteiger partial charge in [0.1, 0.15) is 0 Å².